The van der Waals surface area contributed by atoms with Gasteiger partial charge in [0.2, 0.25) is 11.5 Å². The van der Waals surface area contributed by atoms with E-state index in [4.69, 9.17) is 18.9 Å². The molecule has 0 bridgehead atoms. The molecule has 0 radical (unpaired) electrons. The van der Waals surface area contributed by atoms with E-state index >= 15 is 0 Å². The average Bonchev–Trinajstić information content (AvgIpc) is 2.26. The van der Waals surface area contributed by atoms with Crippen molar-refractivity contribution < 1.29 is 18.9 Å². The summed E-state index contributed by atoms with van der Waals surface area (Å²) in [5.74, 6) is 1.77. The Kier molecular flexibility index (Phi) is 3.39. The van der Waals surface area contributed by atoms with Crippen LogP contribution in [0.15, 0.2) is 6.20 Å². The van der Waals surface area contributed by atoms with Crippen LogP contribution in [0.5, 0.6) is 23.1 Å². The summed E-state index contributed by atoms with van der Waals surface area (Å²) in [6.07, 6.45) is 1.51. The second-order valence-corrected chi connectivity index (χ2v) is 2.40. The summed E-state index contributed by atoms with van der Waals surface area (Å²) in [4.78, 5) is 4.00. The summed E-state index contributed by atoms with van der Waals surface area (Å²) in [5.41, 5.74) is 0. The maximum absolute atomic E-state index is 5.13. The van der Waals surface area contributed by atoms with Gasteiger partial charge in [-0.2, -0.15) is 0 Å². The Labute approximate surface area is 82.6 Å². The van der Waals surface area contributed by atoms with Crippen molar-refractivity contribution in [3.8, 4) is 23.1 Å². The second kappa shape index (κ2) is 4.55. The van der Waals surface area contributed by atoms with Crippen LogP contribution in [0.25, 0.3) is 0 Å². The normalized spacial score (nSPS) is 9.43. The van der Waals surface area contributed by atoms with Crippen molar-refractivity contribution in [1.82, 2.24) is 4.98 Å². The molecule has 5 nitrogen and oxygen atoms in total. The minimum absolute atomic E-state index is 0.366. The quantitative estimate of drug-likeness (QED) is 0.727. The fourth-order valence-electron chi connectivity index (χ4n) is 1.11. The van der Waals surface area contributed by atoms with Crippen LogP contribution in [-0.2, 0) is 0 Å². The standard InChI is InChI=1S/C9H13NO4/c1-11-6-5-10-9(14-4)8(13-3)7(6)12-2/h5H,1-4H3. The van der Waals surface area contributed by atoms with Gasteiger partial charge in [-0.05, 0) is 0 Å². The van der Waals surface area contributed by atoms with Gasteiger partial charge in [-0.3, -0.25) is 0 Å². The van der Waals surface area contributed by atoms with Gasteiger partial charge in [0.1, 0.15) is 0 Å². The molecule has 0 aliphatic carbocycles. The number of pyridine rings is 1. The third kappa shape index (κ3) is 1.66. The van der Waals surface area contributed by atoms with Crippen molar-refractivity contribution in [2.75, 3.05) is 28.4 Å². The summed E-state index contributed by atoms with van der Waals surface area (Å²) in [6, 6.07) is 0. The lowest BCUT2D eigenvalue weighted by Gasteiger charge is -2.13. The molecule has 1 rings (SSSR count). The Hall–Kier alpha value is -1.65. The highest BCUT2D eigenvalue weighted by Crippen LogP contribution is 2.41. The van der Waals surface area contributed by atoms with Crippen LogP contribution >= 0.6 is 0 Å². The van der Waals surface area contributed by atoms with E-state index in [2.05, 4.69) is 4.98 Å². The van der Waals surface area contributed by atoms with E-state index in [1.54, 1.807) is 0 Å². The Balaban J connectivity index is 3.28. The van der Waals surface area contributed by atoms with Crippen LogP contribution in [0.2, 0.25) is 0 Å². The maximum atomic E-state index is 5.13. The molecule has 0 N–H and O–H groups in total. The average molecular weight is 199 g/mol. The van der Waals surface area contributed by atoms with Gasteiger partial charge in [0.05, 0.1) is 34.6 Å². The largest absolute Gasteiger partial charge is 0.491 e. The van der Waals surface area contributed by atoms with E-state index in [0.717, 1.165) is 0 Å². The molecule has 1 aromatic heterocycles. The third-order valence-electron chi connectivity index (χ3n) is 1.74. The predicted octanol–water partition coefficient (Wildman–Crippen LogP) is 1.12. The summed E-state index contributed by atoms with van der Waals surface area (Å²) in [6.45, 7) is 0. The van der Waals surface area contributed by atoms with Crippen LogP contribution in [-0.4, -0.2) is 33.4 Å². The van der Waals surface area contributed by atoms with Gasteiger partial charge in [-0.15, -0.1) is 0 Å². The van der Waals surface area contributed by atoms with E-state index in [1.807, 2.05) is 0 Å². The van der Waals surface area contributed by atoms with Gasteiger partial charge in [0.15, 0.2) is 5.75 Å². The molecule has 78 valence electrons. The highest BCUT2D eigenvalue weighted by molar-refractivity contribution is 5.54. The van der Waals surface area contributed by atoms with Gasteiger partial charge in [-0.25, -0.2) is 4.98 Å². The molecule has 0 amide bonds. The lowest BCUT2D eigenvalue weighted by Crippen LogP contribution is -1.99. The van der Waals surface area contributed by atoms with Crippen molar-refractivity contribution in [3.63, 3.8) is 0 Å². The molecule has 0 saturated heterocycles. The van der Waals surface area contributed by atoms with Crippen molar-refractivity contribution >= 4 is 0 Å². The molecule has 5 heteroatoms. The molecule has 0 saturated carbocycles. The summed E-state index contributed by atoms with van der Waals surface area (Å²) in [7, 11) is 6.09. The van der Waals surface area contributed by atoms with Crippen molar-refractivity contribution in [3.05, 3.63) is 6.20 Å². The molecular weight excluding hydrogens is 186 g/mol. The molecule has 0 spiro atoms. The lowest BCUT2D eigenvalue weighted by atomic mass is 10.3. The fraction of sp³-hybridized carbons (Fsp3) is 0.444. The number of hydrogen-bond donors (Lipinski definition) is 0. The fourth-order valence-corrected chi connectivity index (χ4v) is 1.11. The van der Waals surface area contributed by atoms with Gasteiger partial charge in [0.25, 0.3) is 5.88 Å². The number of ether oxygens (including phenoxy) is 4. The number of rotatable bonds is 4. The van der Waals surface area contributed by atoms with Crippen LogP contribution < -0.4 is 18.9 Å². The SMILES string of the molecule is COc1cnc(OC)c(OC)c1OC. The van der Waals surface area contributed by atoms with Gasteiger partial charge in [-0.1, -0.05) is 0 Å². The highest BCUT2D eigenvalue weighted by Gasteiger charge is 2.17. The number of aromatic nitrogens is 1. The van der Waals surface area contributed by atoms with Crippen molar-refractivity contribution in [1.29, 1.82) is 0 Å². The van der Waals surface area contributed by atoms with E-state index in [-0.39, 0.29) is 0 Å². The molecule has 14 heavy (non-hydrogen) atoms. The Morgan fingerprint density at radius 2 is 1.50 bits per heavy atom. The lowest BCUT2D eigenvalue weighted by molar-refractivity contribution is 0.298. The predicted molar refractivity (Wildman–Crippen MR) is 50.4 cm³/mol. The zero-order valence-corrected chi connectivity index (χ0v) is 8.66. The topological polar surface area (TPSA) is 49.8 Å². The molecule has 0 aromatic carbocycles. The molecule has 0 fully saturated rings. The van der Waals surface area contributed by atoms with Gasteiger partial charge < -0.3 is 18.9 Å². The van der Waals surface area contributed by atoms with Gasteiger partial charge in [0, 0.05) is 0 Å². The maximum Gasteiger partial charge on any atom is 0.261 e. The first-order valence-corrected chi connectivity index (χ1v) is 3.97. The van der Waals surface area contributed by atoms with E-state index < -0.39 is 0 Å². The molecule has 1 aromatic rings. The van der Waals surface area contributed by atoms with Crippen LogP contribution in [0.1, 0.15) is 0 Å². The molecule has 0 aliphatic rings. The van der Waals surface area contributed by atoms with Crippen LogP contribution in [0.3, 0.4) is 0 Å². The Morgan fingerprint density at radius 3 is 1.93 bits per heavy atom. The second-order valence-electron chi connectivity index (χ2n) is 2.40. The summed E-state index contributed by atoms with van der Waals surface area (Å²) < 4.78 is 20.3. The first-order valence-electron chi connectivity index (χ1n) is 3.97. The first kappa shape index (κ1) is 10.4. The Bertz CT molecular complexity index is 283. The number of nitrogens with zero attached hydrogens (tertiary/aromatic N) is 1. The number of hydrogen-bond acceptors (Lipinski definition) is 5. The minimum Gasteiger partial charge on any atom is -0.491 e. The highest BCUT2D eigenvalue weighted by atomic mass is 16.5. The summed E-state index contributed by atoms with van der Waals surface area (Å²) in [5, 5.41) is 0. The van der Waals surface area contributed by atoms with Crippen molar-refractivity contribution in [2.24, 2.45) is 0 Å². The molecule has 0 atom stereocenters. The monoisotopic (exact) mass is 199 g/mol. The molecule has 0 unspecified atom stereocenters. The zero-order chi connectivity index (χ0) is 10.6. The summed E-state index contributed by atoms with van der Waals surface area (Å²) >= 11 is 0. The van der Waals surface area contributed by atoms with E-state index in [9.17, 15) is 0 Å². The van der Waals surface area contributed by atoms with Crippen LogP contribution in [0, 0.1) is 0 Å². The minimum atomic E-state index is 0.366. The van der Waals surface area contributed by atoms with Crippen LogP contribution in [0.4, 0.5) is 0 Å². The van der Waals surface area contributed by atoms with Crippen molar-refractivity contribution in [2.45, 2.75) is 0 Å². The van der Waals surface area contributed by atoms with E-state index in [1.165, 1.54) is 34.6 Å². The number of methoxy groups -OCH3 is 4. The zero-order valence-electron chi connectivity index (χ0n) is 8.66. The smallest absolute Gasteiger partial charge is 0.261 e. The van der Waals surface area contributed by atoms with E-state index in [0.29, 0.717) is 23.1 Å². The van der Waals surface area contributed by atoms with Gasteiger partial charge >= 0.3 is 0 Å². The molecule has 1 heterocycles. The molecule has 0 aliphatic heterocycles. The Morgan fingerprint density at radius 1 is 0.857 bits per heavy atom. The molecular formula is C9H13NO4. The first-order chi connectivity index (χ1) is 6.78. The third-order valence-corrected chi connectivity index (χ3v) is 1.74.